The summed E-state index contributed by atoms with van der Waals surface area (Å²) < 4.78 is 0. The first-order chi connectivity index (χ1) is 9.65. The lowest BCUT2D eigenvalue weighted by atomic mass is 9.95. The molecule has 106 valence electrons. The third-order valence-electron chi connectivity index (χ3n) is 3.58. The predicted octanol–water partition coefficient (Wildman–Crippen LogP) is 1.43. The van der Waals surface area contributed by atoms with Crippen molar-refractivity contribution in [3.8, 4) is 6.07 Å². The van der Waals surface area contributed by atoms with Crippen LogP contribution in [0.3, 0.4) is 0 Å². The third kappa shape index (κ3) is 3.03. The normalized spacial score (nSPS) is 18.6. The molecule has 0 aromatic carbocycles. The monoisotopic (exact) mass is 275 g/mol. The van der Waals surface area contributed by atoms with E-state index >= 15 is 0 Å². The first kappa shape index (κ1) is 14.2. The van der Waals surface area contributed by atoms with Crippen LogP contribution in [0.4, 0.5) is 11.5 Å². The van der Waals surface area contributed by atoms with Crippen molar-refractivity contribution in [3.05, 3.63) is 27.9 Å². The minimum atomic E-state index is -0.581. The Kier molecular flexibility index (Phi) is 4.48. The number of nitriles is 1. The van der Waals surface area contributed by atoms with Crippen LogP contribution in [0.1, 0.15) is 25.0 Å². The van der Waals surface area contributed by atoms with Crippen molar-refractivity contribution in [2.24, 2.45) is 11.7 Å². The predicted molar refractivity (Wildman–Crippen MR) is 74.2 cm³/mol. The van der Waals surface area contributed by atoms with Crippen LogP contribution >= 0.6 is 0 Å². The van der Waals surface area contributed by atoms with Gasteiger partial charge in [-0.15, -0.1) is 0 Å². The van der Waals surface area contributed by atoms with Gasteiger partial charge in [0.1, 0.15) is 11.9 Å². The first-order valence-electron chi connectivity index (χ1n) is 6.66. The number of anilines is 1. The van der Waals surface area contributed by atoms with Gasteiger partial charge in [0.25, 0.3) is 0 Å². The molecule has 0 spiro atoms. The number of nitrogens with two attached hydrogens (primary N) is 1. The van der Waals surface area contributed by atoms with E-state index in [1.807, 2.05) is 0 Å². The van der Waals surface area contributed by atoms with Crippen LogP contribution in [0.5, 0.6) is 0 Å². The first-order valence-corrected chi connectivity index (χ1v) is 6.66. The number of aromatic nitrogens is 1. The van der Waals surface area contributed by atoms with Gasteiger partial charge in [0, 0.05) is 19.2 Å². The number of hydrogen-bond acceptors (Lipinski definition) is 6. The molecule has 1 aromatic heterocycles. The van der Waals surface area contributed by atoms with E-state index < -0.39 is 4.92 Å². The summed E-state index contributed by atoms with van der Waals surface area (Å²) in [5, 5.41) is 19.8. The van der Waals surface area contributed by atoms with Gasteiger partial charge in [0.2, 0.25) is 5.69 Å². The van der Waals surface area contributed by atoms with Crippen LogP contribution in [0.15, 0.2) is 12.1 Å². The zero-order valence-electron chi connectivity index (χ0n) is 11.2. The van der Waals surface area contributed by atoms with E-state index in [9.17, 15) is 10.1 Å². The van der Waals surface area contributed by atoms with Gasteiger partial charge >= 0.3 is 5.69 Å². The minimum Gasteiger partial charge on any atom is -0.356 e. The average Bonchev–Trinajstić information content (AvgIpc) is 2.47. The number of hydrogen-bond donors (Lipinski definition) is 1. The van der Waals surface area contributed by atoms with Gasteiger partial charge in [-0.05, 0) is 37.8 Å². The molecule has 1 unspecified atom stereocenters. The summed E-state index contributed by atoms with van der Waals surface area (Å²) in [6.45, 7) is 2.36. The van der Waals surface area contributed by atoms with Gasteiger partial charge < -0.3 is 10.6 Å². The van der Waals surface area contributed by atoms with Crippen molar-refractivity contribution in [2.75, 3.05) is 24.5 Å². The fraction of sp³-hybridized carbons (Fsp3) is 0.538. The highest BCUT2D eigenvalue weighted by Gasteiger charge is 2.23. The van der Waals surface area contributed by atoms with Crippen molar-refractivity contribution in [1.82, 2.24) is 4.98 Å². The minimum absolute atomic E-state index is 0.131. The zero-order chi connectivity index (χ0) is 14.5. The molecule has 7 heteroatoms. The lowest BCUT2D eigenvalue weighted by Crippen LogP contribution is -2.36. The summed E-state index contributed by atoms with van der Waals surface area (Å²) >= 11 is 0. The Morgan fingerprint density at radius 2 is 2.40 bits per heavy atom. The lowest BCUT2D eigenvalue weighted by molar-refractivity contribution is -0.385. The van der Waals surface area contributed by atoms with Crippen LogP contribution in [0, 0.1) is 27.4 Å². The fourth-order valence-electron chi connectivity index (χ4n) is 2.59. The number of rotatable bonds is 4. The van der Waals surface area contributed by atoms with Gasteiger partial charge in [-0.25, -0.2) is 4.98 Å². The standard InChI is InChI=1S/C13H17N5O2/c14-6-5-10-2-1-7-17(9-10)13-4-3-12(18(19)20)11(8-15)16-13/h3-4,10H,1-2,5-7,9,14H2. The maximum absolute atomic E-state index is 10.8. The Morgan fingerprint density at radius 3 is 3.05 bits per heavy atom. The molecule has 1 saturated heterocycles. The molecule has 0 saturated carbocycles. The molecule has 2 heterocycles. The van der Waals surface area contributed by atoms with E-state index in [0.29, 0.717) is 18.3 Å². The van der Waals surface area contributed by atoms with E-state index in [2.05, 4.69) is 9.88 Å². The highest BCUT2D eigenvalue weighted by atomic mass is 16.6. The summed E-state index contributed by atoms with van der Waals surface area (Å²) in [6, 6.07) is 4.76. The average molecular weight is 275 g/mol. The molecule has 1 aliphatic rings. The largest absolute Gasteiger partial charge is 0.356 e. The number of pyridine rings is 1. The summed E-state index contributed by atoms with van der Waals surface area (Å²) in [7, 11) is 0. The molecular weight excluding hydrogens is 258 g/mol. The molecule has 7 nitrogen and oxygen atoms in total. The highest BCUT2D eigenvalue weighted by Crippen LogP contribution is 2.26. The van der Waals surface area contributed by atoms with Gasteiger partial charge in [0.15, 0.2) is 0 Å². The molecule has 1 aromatic rings. The summed E-state index contributed by atoms with van der Waals surface area (Å²) in [6.07, 6.45) is 3.16. The van der Waals surface area contributed by atoms with Crippen LogP contribution in [-0.4, -0.2) is 29.5 Å². The molecule has 0 aliphatic carbocycles. The van der Waals surface area contributed by atoms with Crippen molar-refractivity contribution >= 4 is 11.5 Å². The van der Waals surface area contributed by atoms with Gasteiger partial charge in [-0.1, -0.05) is 0 Å². The highest BCUT2D eigenvalue weighted by molar-refractivity contribution is 5.51. The van der Waals surface area contributed by atoms with Crippen LogP contribution < -0.4 is 10.6 Å². The van der Waals surface area contributed by atoms with Crippen molar-refractivity contribution in [3.63, 3.8) is 0 Å². The van der Waals surface area contributed by atoms with E-state index in [1.54, 1.807) is 12.1 Å². The Hall–Kier alpha value is -2.20. The Balaban J connectivity index is 2.20. The second-order valence-electron chi connectivity index (χ2n) is 4.94. The SMILES string of the molecule is N#Cc1nc(N2CCCC(CCN)C2)ccc1[N+](=O)[O-]. The maximum Gasteiger partial charge on any atom is 0.305 e. The molecule has 0 bridgehead atoms. The summed E-state index contributed by atoms with van der Waals surface area (Å²) in [4.78, 5) is 16.4. The molecular formula is C13H17N5O2. The third-order valence-corrected chi connectivity index (χ3v) is 3.58. The van der Waals surface area contributed by atoms with Crippen LogP contribution in [0.2, 0.25) is 0 Å². The number of nitrogens with zero attached hydrogens (tertiary/aromatic N) is 4. The molecule has 2 N–H and O–H groups in total. The van der Waals surface area contributed by atoms with E-state index in [-0.39, 0.29) is 11.4 Å². The molecule has 0 radical (unpaired) electrons. The zero-order valence-corrected chi connectivity index (χ0v) is 11.2. The lowest BCUT2D eigenvalue weighted by Gasteiger charge is -2.33. The Bertz CT molecular complexity index is 538. The van der Waals surface area contributed by atoms with Crippen molar-refractivity contribution in [1.29, 1.82) is 5.26 Å². The van der Waals surface area contributed by atoms with Gasteiger partial charge in [-0.3, -0.25) is 10.1 Å². The molecule has 1 aliphatic heterocycles. The molecule has 20 heavy (non-hydrogen) atoms. The quantitative estimate of drug-likeness (QED) is 0.657. The number of piperidine rings is 1. The van der Waals surface area contributed by atoms with E-state index in [1.165, 1.54) is 6.07 Å². The van der Waals surface area contributed by atoms with Gasteiger partial charge in [-0.2, -0.15) is 5.26 Å². The summed E-state index contributed by atoms with van der Waals surface area (Å²) in [5.74, 6) is 1.16. The van der Waals surface area contributed by atoms with Crippen molar-refractivity contribution in [2.45, 2.75) is 19.3 Å². The second-order valence-corrected chi connectivity index (χ2v) is 4.94. The molecule has 1 atom stereocenters. The van der Waals surface area contributed by atoms with Crippen LogP contribution in [0.25, 0.3) is 0 Å². The van der Waals surface area contributed by atoms with E-state index in [0.717, 1.165) is 32.4 Å². The second kappa shape index (κ2) is 6.30. The summed E-state index contributed by atoms with van der Waals surface area (Å²) in [5.41, 5.74) is 5.22. The van der Waals surface area contributed by atoms with Crippen LogP contribution in [-0.2, 0) is 0 Å². The maximum atomic E-state index is 10.8. The van der Waals surface area contributed by atoms with Crippen molar-refractivity contribution < 1.29 is 4.92 Å². The Morgan fingerprint density at radius 1 is 1.60 bits per heavy atom. The smallest absolute Gasteiger partial charge is 0.305 e. The van der Waals surface area contributed by atoms with E-state index in [4.69, 9.17) is 11.0 Å². The fourth-order valence-corrected chi connectivity index (χ4v) is 2.59. The topological polar surface area (TPSA) is 109 Å². The molecule has 1 fully saturated rings. The number of nitro groups is 1. The Labute approximate surface area is 117 Å². The van der Waals surface area contributed by atoms with Gasteiger partial charge in [0.05, 0.1) is 4.92 Å². The molecule has 0 amide bonds. The molecule has 2 rings (SSSR count).